The van der Waals surface area contributed by atoms with Crippen molar-refractivity contribution < 1.29 is 14.4 Å². The minimum absolute atomic E-state index is 0.166. The molecule has 2 aliphatic rings. The molecule has 0 saturated carbocycles. The molecule has 0 bridgehead atoms. The van der Waals surface area contributed by atoms with E-state index in [1.165, 1.54) is 4.90 Å². The van der Waals surface area contributed by atoms with Crippen molar-refractivity contribution in [3.8, 4) is 0 Å². The number of allylic oxidation sites excluding steroid dienone is 2. The Morgan fingerprint density at radius 1 is 1.00 bits per heavy atom. The Balaban J connectivity index is 1.54. The van der Waals surface area contributed by atoms with Gasteiger partial charge in [-0.05, 0) is 38.3 Å². The number of ketones is 1. The van der Waals surface area contributed by atoms with Gasteiger partial charge in [-0.25, -0.2) is 0 Å². The van der Waals surface area contributed by atoms with Gasteiger partial charge in [0.25, 0.3) is 0 Å². The summed E-state index contributed by atoms with van der Waals surface area (Å²) in [7, 11) is 0. The zero-order valence-corrected chi connectivity index (χ0v) is 16.2. The van der Waals surface area contributed by atoms with Gasteiger partial charge in [-0.3, -0.25) is 19.3 Å². The Morgan fingerprint density at radius 2 is 1.61 bits per heavy atom. The zero-order valence-electron chi connectivity index (χ0n) is 16.2. The van der Waals surface area contributed by atoms with Gasteiger partial charge in [-0.1, -0.05) is 42.5 Å². The molecule has 1 saturated heterocycles. The predicted molar refractivity (Wildman–Crippen MR) is 106 cm³/mol. The summed E-state index contributed by atoms with van der Waals surface area (Å²) in [6.07, 6.45) is 5.08. The molecule has 2 heterocycles. The fourth-order valence-corrected chi connectivity index (χ4v) is 4.35. The smallest absolute Gasteiger partial charge is 0.233 e. The standard InChI is InChI=1S/C23H24N2O3/c1-15-12-20(16(2)24(15)13-17-8-4-3-5-9-17)21(26)14-25-22(27)18-10-6-7-11-19(18)23(25)28/h3-9,12,18-19H,10-11,13-14H2,1-2H3/t18-,19-/m0/s1. The SMILES string of the molecule is Cc1cc(C(=O)CN2C(=O)[C@H]3CC=CC[C@@H]3C2=O)c(C)n1Cc1ccccc1. The van der Waals surface area contributed by atoms with Crippen LogP contribution in [0.1, 0.15) is 40.2 Å². The van der Waals surface area contributed by atoms with Crippen LogP contribution < -0.4 is 0 Å². The number of Topliss-reactive ketones (excluding diaryl/α,β-unsaturated/α-hetero) is 1. The van der Waals surface area contributed by atoms with Gasteiger partial charge in [-0.2, -0.15) is 0 Å². The summed E-state index contributed by atoms with van der Waals surface area (Å²) in [5.74, 6) is -1.18. The zero-order chi connectivity index (χ0) is 19.8. The highest BCUT2D eigenvalue weighted by Crippen LogP contribution is 2.35. The topological polar surface area (TPSA) is 59.4 Å². The van der Waals surface area contributed by atoms with Gasteiger partial charge >= 0.3 is 0 Å². The number of carbonyl (C=O) groups excluding carboxylic acids is 3. The van der Waals surface area contributed by atoms with Crippen molar-refractivity contribution >= 4 is 17.6 Å². The van der Waals surface area contributed by atoms with E-state index in [0.717, 1.165) is 17.0 Å². The van der Waals surface area contributed by atoms with Gasteiger partial charge in [0.15, 0.2) is 5.78 Å². The first-order chi connectivity index (χ1) is 13.5. The van der Waals surface area contributed by atoms with Crippen LogP contribution in [0.3, 0.4) is 0 Å². The minimum atomic E-state index is -0.296. The third-order valence-corrected chi connectivity index (χ3v) is 5.96. The Labute approximate surface area is 164 Å². The summed E-state index contributed by atoms with van der Waals surface area (Å²) in [4.78, 5) is 39.4. The Bertz CT molecular complexity index is 945. The average molecular weight is 376 g/mol. The number of rotatable bonds is 5. The molecule has 5 heteroatoms. The maximum atomic E-state index is 13.0. The fourth-order valence-electron chi connectivity index (χ4n) is 4.35. The van der Waals surface area contributed by atoms with Crippen molar-refractivity contribution in [1.29, 1.82) is 0 Å². The van der Waals surface area contributed by atoms with Crippen molar-refractivity contribution in [2.24, 2.45) is 11.8 Å². The molecule has 1 aliphatic carbocycles. The van der Waals surface area contributed by atoms with E-state index in [4.69, 9.17) is 0 Å². The van der Waals surface area contributed by atoms with Gasteiger partial charge in [-0.15, -0.1) is 0 Å². The van der Waals surface area contributed by atoms with Crippen molar-refractivity contribution in [3.05, 3.63) is 71.1 Å². The van der Waals surface area contributed by atoms with E-state index in [9.17, 15) is 14.4 Å². The quantitative estimate of drug-likeness (QED) is 0.457. The number of nitrogens with zero attached hydrogens (tertiary/aromatic N) is 2. The molecule has 0 unspecified atom stereocenters. The Kier molecular flexibility index (Phi) is 4.75. The lowest BCUT2D eigenvalue weighted by Gasteiger charge is -2.14. The average Bonchev–Trinajstić information content (AvgIpc) is 3.12. The molecule has 0 spiro atoms. The lowest BCUT2D eigenvalue weighted by molar-refractivity contribution is -0.139. The van der Waals surface area contributed by atoms with Crippen LogP contribution in [-0.4, -0.2) is 33.6 Å². The van der Waals surface area contributed by atoms with Crippen LogP contribution in [0, 0.1) is 25.7 Å². The van der Waals surface area contributed by atoms with Crippen LogP contribution in [0.15, 0.2) is 48.6 Å². The van der Waals surface area contributed by atoms with E-state index < -0.39 is 0 Å². The van der Waals surface area contributed by atoms with Gasteiger partial charge in [0.05, 0.1) is 18.4 Å². The lowest BCUT2D eigenvalue weighted by Crippen LogP contribution is -2.36. The van der Waals surface area contributed by atoms with E-state index in [2.05, 4.69) is 16.7 Å². The first-order valence-electron chi connectivity index (χ1n) is 9.71. The molecule has 28 heavy (non-hydrogen) atoms. The molecule has 5 nitrogen and oxygen atoms in total. The van der Waals surface area contributed by atoms with Crippen molar-refractivity contribution in [1.82, 2.24) is 9.47 Å². The van der Waals surface area contributed by atoms with E-state index in [1.54, 1.807) is 0 Å². The van der Waals surface area contributed by atoms with Gasteiger partial charge < -0.3 is 4.57 Å². The number of aromatic nitrogens is 1. The number of likely N-dealkylation sites (tertiary alicyclic amines) is 1. The molecular weight excluding hydrogens is 352 g/mol. The van der Waals surface area contributed by atoms with Gasteiger partial charge in [0, 0.05) is 23.5 Å². The van der Waals surface area contributed by atoms with Crippen molar-refractivity contribution in [3.63, 3.8) is 0 Å². The first-order valence-corrected chi connectivity index (χ1v) is 9.71. The largest absolute Gasteiger partial charge is 0.344 e. The maximum absolute atomic E-state index is 13.0. The summed E-state index contributed by atoms with van der Waals surface area (Å²) in [6.45, 7) is 4.41. The van der Waals surface area contributed by atoms with Crippen LogP contribution in [0.25, 0.3) is 0 Å². The van der Waals surface area contributed by atoms with Gasteiger partial charge in [0.1, 0.15) is 0 Å². The third-order valence-electron chi connectivity index (χ3n) is 5.96. The van der Waals surface area contributed by atoms with Crippen LogP contribution in [0.4, 0.5) is 0 Å². The summed E-state index contributed by atoms with van der Waals surface area (Å²) < 4.78 is 2.10. The summed E-state index contributed by atoms with van der Waals surface area (Å²) in [5.41, 5.74) is 3.60. The summed E-state index contributed by atoms with van der Waals surface area (Å²) in [5, 5.41) is 0. The molecule has 1 aromatic heterocycles. The predicted octanol–water partition coefficient (Wildman–Crippen LogP) is 3.29. The monoisotopic (exact) mass is 376 g/mol. The number of benzene rings is 1. The van der Waals surface area contributed by atoms with Gasteiger partial charge in [0.2, 0.25) is 11.8 Å². The Morgan fingerprint density at radius 3 is 2.21 bits per heavy atom. The normalized spacial score (nSPS) is 21.3. The number of fused-ring (bicyclic) bond motifs is 1. The number of amides is 2. The van der Waals surface area contributed by atoms with E-state index in [-0.39, 0.29) is 36.0 Å². The molecular formula is C23H24N2O3. The molecule has 1 aliphatic heterocycles. The maximum Gasteiger partial charge on any atom is 0.233 e. The molecule has 1 fully saturated rings. The number of hydrogen-bond acceptors (Lipinski definition) is 3. The molecule has 2 aromatic rings. The van der Waals surface area contributed by atoms with Crippen LogP contribution in [0.2, 0.25) is 0 Å². The third kappa shape index (κ3) is 3.11. The first kappa shape index (κ1) is 18.4. The number of imide groups is 1. The molecule has 2 atom stereocenters. The highest BCUT2D eigenvalue weighted by atomic mass is 16.2. The summed E-state index contributed by atoms with van der Waals surface area (Å²) in [6, 6.07) is 11.9. The molecule has 0 radical (unpaired) electrons. The van der Waals surface area contributed by atoms with Crippen LogP contribution in [0.5, 0.6) is 0 Å². The Hall–Kier alpha value is -2.95. The lowest BCUT2D eigenvalue weighted by atomic mass is 9.85. The second-order valence-electron chi connectivity index (χ2n) is 7.70. The minimum Gasteiger partial charge on any atom is -0.344 e. The highest BCUT2D eigenvalue weighted by Gasteiger charge is 2.47. The molecule has 1 aromatic carbocycles. The van der Waals surface area contributed by atoms with Crippen LogP contribution in [-0.2, 0) is 16.1 Å². The fraction of sp³-hybridized carbons (Fsp3) is 0.348. The van der Waals surface area contributed by atoms with Crippen LogP contribution >= 0.6 is 0 Å². The molecule has 0 N–H and O–H groups in total. The van der Waals surface area contributed by atoms with E-state index >= 15 is 0 Å². The molecule has 144 valence electrons. The van der Waals surface area contributed by atoms with Crippen molar-refractivity contribution in [2.75, 3.05) is 6.54 Å². The molecule has 2 amide bonds. The van der Waals surface area contributed by atoms with E-state index in [1.807, 2.05) is 50.3 Å². The number of carbonyl (C=O) groups is 3. The number of aryl methyl sites for hydroxylation is 1. The van der Waals surface area contributed by atoms with Crippen molar-refractivity contribution in [2.45, 2.75) is 33.2 Å². The van der Waals surface area contributed by atoms with E-state index in [0.29, 0.717) is 24.9 Å². The second kappa shape index (κ2) is 7.23. The number of hydrogen-bond donors (Lipinski definition) is 0. The summed E-state index contributed by atoms with van der Waals surface area (Å²) >= 11 is 0. The highest BCUT2D eigenvalue weighted by molar-refractivity contribution is 6.10. The molecule has 4 rings (SSSR count). The second-order valence-corrected chi connectivity index (χ2v) is 7.70.